The maximum absolute atomic E-state index is 12.2. The quantitative estimate of drug-likeness (QED) is 0.847. The normalized spacial score (nSPS) is 17.1. The number of carbonyl (C=O) groups is 1. The number of carbonyl (C=O) groups excluding carboxylic acids is 1. The van der Waals surface area contributed by atoms with Gasteiger partial charge in [-0.25, -0.2) is 0 Å². The van der Waals surface area contributed by atoms with Crippen molar-refractivity contribution < 1.29 is 9.53 Å². The molecule has 116 valence electrons. The van der Waals surface area contributed by atoms with E-state index in [2.05, 4.69) is 26.6 Å². The lowest BCUT2D eigenvalue weighted by Gasteiger charge is -2.25. The lowest BCUT2D eigenvalue weighted by atomic mass is 9.95. The van der Waals surface area contributed by atoms with Gasteiger partial charge >= 0.3 is 0 Å². The molecular weight excluding hydrogens is 332 g/mol. The maximum atomic E-state index is 12.2. The number of anilines is 1. The lowest BCUT2D eigenvalue weighted by molar-refractivity contribution is -0.122. The summed E-state index contributed by atoms with van der Waals surface area (Å²) in [6.45, 7) is 1.88. The second-order valence-electron chi connectivity index (χ2n) is 5.59. The van der Waals surface area contributed by atoms with Gasteiger partial charge in [0, 0.05) is 22.3 Å². The Hall–Kier alpha value is -1.23. The van der Waals surface area contributed by atoms with E-state index in [9.17, 15) is 4.79 Å². The highest BCUT2D eigenvalue weighted by Crippen LogP contribution is 2.25. The van der Waals surface area contributed by atoms with Gasteiger partial charge in [0.05, 0.1) is 7.11 Å². The molecule has 1 atom stereocenters. The molecule has 0 radical (unpaired) electrons. The summed E-state index contributed by atoms with van der Waals surface area (Å²) in [6, 6.07) is 5.78. The fraction of sp³-hybridized carbons (Fsp3) is 0.562. The van der Waals surface area contributed by atoms with Crippen LogP contribution in [0.25, 0.3) is 0 Å². The van der Waals surface area contributed by atoms with Gasteiger partial charge in [-0.1, -0.05) is 35.2 Å². The van der Waals surface area contributed by atoms with Crippen molar-refractivity contribution in [2.24, 2.45) is 0 Å². The van der Waals surface area contributed by atoms with Gasteiger partial charge in [-0.15, -0.1) is 0 Å². The fourth-order valence-corrected chi connectivity index (χ4v) is 3.12. The lowest BCUT2D eigenvalue weighted by Crippen LogP contribution is -2.44. The zero-order valence-electron chi connectivity index (χ0n) is 12.6. The Morgan fingerprint density at radius 3 is 2.67 bits per heavy atom. The van der Waals surface area contributed by atoms with Crippen LogP contribution in [0.1, 0.15) is 39.0 Å². The zero-order valence-corrected chi connectivity index (χ0v) is 14.2. The Balaban J connectivity index is 1.92. The average molecular weight is 355 g/mol. The Bertz CT molecular complexity index is 487. The molecule has 1 amide bonds. The summed E-state index contributed by atoms with van der Waals surface area (Å²) in [7, 11) is 1.63. The van der Waals surface area contributed by atoms with Crippen LogP contribution in [-0.4, -0.2) is 25.1 Å². The summed E-state index contributed by atoms with van der Waals surface area (Å²) in [6.07, 6.45) is 5.93. The second kappa shape index (κ2) is 7.69. The zero-order chi connectivity index (χ0) is 15.2. The van der Waals surface area contributed by atoms with Crippen molar-refractivity contribution in [1.82, 2.24) is 5.32 Å². The summed E-state index contributed by atoms with van der Waals surface area (Å²) < 4.78 is 6.15. The van der Waals surface area contributed by atoms with Crippen molar-refractivity contribution in [1.29, 1.82) is 0 Å². The van der Waals surface area contributed by atoms with Gasteiger partial charge in [-0.05, 0) is 31.9 Å². The predicted octanol–water partition coefficient (Wildman–Crippen LogP) is 3.71. The highest BCUT2D eigenvalue weighted by atomic mass is 79.9. The number of ether oxygens (including phenoxy) is 1. The van der Waals surface area contributed by atoms with Crippen molar-refractivity contribution in [2.75, 3.05) is 12.4 Å². The first-order chi connectivity index (χ1) is 10.1. The third-order valence-corrected chi connectivity index (χ3v) is 4.29. The summed E-state index contributed by atoms with van der Waals surface area (Å²) in [4.78, 5) is 12.2. The van der Waals surface area contributed by atoms with Crippen LogP contribution in [0.4, 0.5) is 5.69 Å². The molecule has 1 unspecified atom stereocenters. The van der Waals surface area contributed by atoms with Crippen molar-refractivity contribution in [3.8, 4) is 5.75 Å². The van der Waals surface area contributed by atoms with Gasteiger partial charge in [0.15, 0.2) is 0 Å². The van der Waals surface area contributed by atoms with Crippen LogP contribution in [0, 0.1) is 0 Å². The van der Waals surface area contributed by atoms with Crippen molar-refractivity contribution in [2.45, 2.75) is 51.1 Å². The first-order valence-electron chi connectivity index (χ1n) is 7.50. The molecule has 5 heteroatoms. The molecule has 1 aliphatic carbocycles. The van der Waals surface area contributed by atoms with Gasteiger partial charge in [-0.2, -0.15) is 0 Å². The Morgan fingerprint density at radius 1 is 1.29 bits per heavy atom. The molecule has 2 N–H and O–H groups in total. The number of hydrogen-bond acceptors (Lipinski definition) is 3. The van der Waals surface area contributed by atoms with E-state index in [-0.39, 0.29) is 11.9 Å². The number of methoxy groups -OCH3 is 1. The Labute approximate surface area is 134 Å². The summed E-state index contributed by atoms with van der Waals surface area (Å²) in [5.41, 5.74) is 0.868. The third-order valence-electron chi connectivity index (χ3n) is 3.84. The summed E-state index contributed by atoms with van der Waals surface area (Å²) in [5.74, 6) is 0.813. The minimum atomic E-state index is -0.272. The first-order valence-corrected chi connectivity index (χ1v) is 8.29. The van der Waals surface area contributed by atoms with Crippen molar-refractivity contribution in [3.63, 3.8) is 0 Å². The van der Waals surface area contributed by atoms with Crippen LogP contribution < -0.4 is 15.4 Å². The van der Waals surface area contributed by atoms with Crippen molar-refractivity contribution in [3.05, 3.63) is 22.7 Å². The van der Waals surface area contributed by atoms with Gasteiger partial charge in [0.1, 0.15) is 11.8 Å². The van der Waals surface area contributed by atoms with Gasteiger partial charge < -0.3 is 15.4 Å². The molecule has 2 rings (SSSR count). The molecule has 0 bridgehead atoms. The molecule has 0 saturated heterocycles. The van der Waals surface area contributed by atoms with E-state index in [1.54, 1.807) is 7.11 Å². The van der Waals surface area contributed by atoms with E-state index in [4.69, 9.17) is 4.74 Å². The van der Waals surface area contributed by atoms with Crippen LogP contribution in [0.5, 0.6) is 5.75 Å². The van der Waals surface area contributed by atoms with Crippen LogP contribution >= 0.6 is 15.9 Å². The topological polar surface area (TPSA) is 50.4 Å². The van der Waals surface area contributed by atoms with Crippen LogP contribution in [0.2, 0.25) is 0 Å². The van der Waals surface area contributed by atoms with E-state index in [0.717, 1.165) is 28.8 Å². The van der Waals surface area contributed by atoms with E-state index in [1.807, 2.05) is 25.1 Å². The fourth-order valence-electron chi connectivity index (χ4n) is 2.65. The number of amides is 1. The third kappa shape index (κ3) is 4.92. The van der Waals surface area contributed by atoms with E-state index in [0.29, 0.717) is 6.04 Å². The monoisotopic (exact) mass is 354 g/mol. The highest BCUT2D eigenvalue weighted by molar-refractivity contribution is 9.10. The van der Waals surface area contributed by atoms with Gasteiger partial charge in [0.25, 0.3) is 0 Å². The molecule has 1 saturated carbocycles. The minimum Gasteiger partial charge on any atom is -0.497 e. The molecule has 0 heterocycles. The van der Waals surface area contributed by atoms with E-state index >= 15 is 0 Å². The Morgan fingerprint density at radius 2 is 2.00 bits per heavy atom. The highest BCUT2D eigenvalue weighted by Gasteiger charge is 2.19. The number of hydrogen-bond donors (Lipinski definition) is 2. The number of benzene rings is 1. The molecule has 1 aliphatic rings. The first kappa shape index (κ1) is 16.1. The van der Waals surface area contributed by atoms with Crippen molar-refractivity contribution >= 4 is 27.5 Å². The largest absolute Gasteiger partial charge is 0.497 e. The molecular formula is C16H23BrN2O2. The van der Waals surface area contributed by atoms with Gasteiger partial charge in [-0.3, -0.25) is 4.79 Å². The SMILES string of the molecule is COc1cc(Br)cc(NC(C)C(=O)NC2CCCCC2)c1. The number of halogens is 1. The maximum Gasteiger partial charge on any atom is 0.242 e. The summed E-state index contributed by atoms with van der Waals surface area (Å²) >= 11 is 3.44. The Kier molecular flexibility index (Phi) is 5.91. The van der Waals surface area contributed by atoms with E-state index in [1.165, 1.54) is 19.3 Å². The molecule has 0 aliphatic heterocycles. The molecule has 4 nitrogen and oxygen atoms in total. The average Bonchev–Trinajstić information content (AvgIpc) is 2.47. The molecule has 0 aromatic heterocycles. The standard InChI is InChI=1S/C16H23BrN2O2/c1-11(16(20)19-13-6-4-3-5-7-13)18-14-8-12(17)9-15(10-14)21-2/h8-11,13,18H,3-7H2,1-2H3,(H,19,20). The molecule has 1 fully saturated rings. The number of rotatable bonds is 5. The van der Waals surface area contributed by atoms with Crippen LogP contribution in [0.15, 0.2) is 22.7 Å². The van der Waals surface area contributed by atoms with Crippen LogP contribution in [0.3, 0.4) is 0 Å². The second-order valence-corrected chi connectivity index (χ2v) is 6.50. The smallest absolute Gasteiger partial charge is 0.242 e. The molecule has 21 heavy (non-hydrogen) atoms. The van der Waals surface area contributed by atoms with Crippen LogP contribution in [-0.2, 0) is 4.79 Å². The molecule has 1 aromatic rings. The summed E-state index contributed by atoms with van der Waals surface area (Å²) in [5, 5.41) is 6.36. The minimum absolute atomic E-state index is 0.0563. The van der Waals surface area contributed by atoms with Gasteiger partial charge in [0.2, 0.25) is 5.91 Å². The molecule has 1 aromatic carbocycles. The molecule has 0 spiro atoms. The van der Waals surface area contributed by atoms with E-state index < -0.39 is 0 Å². The predicted molar refractivity (Wildman–Crippen MR) is 88.8 cm³/mol. The number of nitrogens with one attached hydrogen (secondary N) is 2.